The fourth-order valence-corrected chi connectivity index (χ4v) is 4.40. The lowest BCUT2D eigenvalue weighted by Crippen LogP contribution is -2.43. The quantitative estimate of drug-likeness (QED) is 0.160. The third kappa shape index (κ3) is 4.69. The first kappa shape index (κ1) is 26.0. The molecule has 4 N–H and O–H groups in total. The number of hydrogen-bond donors (Lipinski definition) is 3. The molecular formula is C25H22N4O9. The van der Waals surface area contributed by atoms with Crippen LogP contribution in [0.4, 0.5) is 11.4 Å². The number of aryl methyl sites for hydroxylation is 1. The molecule has 2 aliphatic heterocycles. The van der Waals surface area contributed by atoms with E-state index in [9.17, 15) is 34.4 Å². The minimum absolute atomic E-state index is 0.0651. The largest absolute Gasteiger partial charge is 0.477 e. The zero-order valence-corrected chi connectivity index (χ0v) is 20.2. The van der Waals surface area contributed by atoms with E-state index in [0.717, 1.165) is 12.1 Å². The number of esters is 1. The van der Waals surface area contributed by atoms with E-state index in [1.807, 2.05) is 0 Å². The van der Waals surface area contributed by atoms with Crippen molar-refractivity contribution >= 4 is 35.1 Å². The van der Waals surface area contributed by atoms with Crippen LogP contribution in [0.25, 0.3) is 0 Å². The molecule has 0 saturated carbocycles. The van der Waals surface area contributed by atoms with Crippen LogP contribution in [0.1, 0.15) is 43.1 Å². The lowest BCUT2D eigenvalue weighted by molar-refractivity contribution is -0.385. The van der Waals surface area contributed by atoms with E-state index in [2.05, 4.69) is 5.32 Å². The summed E-state index contributed by atoms with van der Waals surface area (Å²) in [5.41, 5.74) is 4.42. The molecule has 13 heteroatoms. The van der Waals surface area contributed by atoms with Crippen LogP contribution in [0.2, 0.25) is 0 Å². The monoisotopic (exact) mass is 522 g/mol. The molecule has 2 heterocycles. The highest BCUT2D eigenvalue weighted by atomic mass is 16.6. The number of nitro groups is 1. The van der Waals surface area contributed by atoms with E-state index in [4.69, 9.17) is 15.2 Å². The minimum atomic E-state index is -1.67. The maximum absolute atomic E-state index is 13.5. The number of primary amides is 1. The summed E-state index contributed by atoms with van der Waals surface area (Å²) >= 11 is 0. The number of nitrogens with two attached hydrogens (primary N) is 1. The van der Waals surface area contributed by atoms with Gasteiger partial charge >= 0.3 is 11.9 Å². The molecule has 2 atom stereocenters. The molecule has 13 nitrogen and oxygen atoms in total. The molecule has 2 aromatic carbocycles. The van der Waals surface area contributed by atoms with Gasteiger partial charge in [-0.3, -0.25) is 19.7 Å². The molecule has 2 amide bonds. The Morgan fingerprint density at radius 1 is 1.26 bits per heavy atom. The zero-order chi connectivity index (χ0) is 27.7. The standard InChI is InChI=1S/C25H22N4O9/c1-12-6-8-15-20(21(12)38-25(34)14-4-3-5-16(29(35)36)19(14)24(32)33)27-22(37-2)17-10-13(7-9-18(26)30)11-28(17)23(15)31/h3-9,11,17,22,27H,10H2,1-2H3,(H2,26,30)(H,32,33). The number of carboxylic acids is 1. The zero-order valence-electron chi connectivity index (χ0n) is 20.2. The summed E-state index contributed by atoms with van der Waals surface area (Å²) in [6.45, 7) is 1.61. The predicted molar refractivity (Wildman–Crippen MR) is 132 cm³/mol. The van der Waals surface area contributed by atoms with Crippen molar-refractivity contribution in [1.82, 2.24) is 4.90 Å². The number of benzene rings is 2. The number of nitrogens with one attached hydrogen (secondary N) is 1. The third-order valence-electron chi connectivity index (χ3n) is 6.15. The van der Waals surface area contributed by atoms with Gasteiger partial charge in [0.05, 0.1) is 27.8 Å². The Hall–Kier alpha value is -5.04. The molecule has 2 unspecified atom stereocenters. The predicted octanol–water partition coefficient (Wildman–Crippen LogP) is 2.36. The van der Waals surface area contributed by atoms with Gasteiger partial charge in [-0.2, -0.15) is 0 Å². The van der Waals surface area contributed by atoms with Gasteiger partial charge in [0.25, 0.3) is 11.6 Å². The van der Waals surface area contributed by atoms with Gasteiger partial charge in [0.2, 0.25) is 5.91 Å². The number of carbonyl (C=O) groups excluding carboxylic acids is 3. The summed E-state index contributed by atoms with van der Waals surface area (Å²) in [5.74, 6) is -3.98. The Morgan fingerprint density at radius 3 is 2.63 bits per heavy atom. The molecule has 38 heavy (non-hydrogen) atoms. The van der Waals surface area contributed by atoms with Gasteiger partial charge in [-0.15, -0.1) is 0 Å². The van der Waals surface area contributed by atoms with Crippen molar-refractivity contribution in [2.75, 3.05) is 12.4 Å². The third-order valence-corrected chi connectivity index (χ3v) is 6.15. The summed E-state index contributed by atoms with van der Waals surface area (Å²) < 4.78 is 11.2. The molecule has 0 spiro atoms. The summed E-state index contributed by atoms with van der Waals surface area (Å²) in [6.07, 6.45) is 3.83. The van der Waals surface area contributed by atoms with E-state index in [0.29, 0.717) is 17.6 Å². The summed E-state index contributed by atoms with van der Waals surface area (Å²) in [5, 5.41) is 24.0. The van der Waals surface area contributed by atoms with Crippen LogP contribution in [0, 0.1) is 17.0 Å². The molecule has 0 aromatic heterocycles. The van der Waals surface area contributed by atoms with Crippen molar-refractivity contribution in [3.05, 3.63) is 86.6 Å². The second kappa shape index (κ2) is 10.1. The normalized spacial score (nSPS) is 18.2. The average Bonchev–Trinajstić information content (AvgIpc) is 3.26. The molecule has 196 valence electrons. The van der Waals surface area contributed by atoms with Crippen LogP contribution < -0.4 is 15.8 Å². The van der Waals surface area contributed by atoms with Crippen LogP contribution >= 0.6 is 0 Å². The van der Waals surface area contributed by atoms with E-state index in [1.165, 1.54) is 36.3 Å². The number of hydrogen-bond acceptors (Lipinski definition) is 9. The van der Waals surface area contributed by atoms with Crippen molar-refractivity contribution in [1.29, 1.82) is 0 Å². The average molecular weight is 522 g/mol. The molecule has 0 fully saturated rings. The number of nitrogens with zero attached hydrogens (tertiary/aromatic N) is 2. The molecular weight excluding hydrogens is 500 g/mol. The van der Waals surface area contributed by atoms with Crippen LogP contribution in [-0.2, 0) is 9.53 Å². The SMILES string of the molecule is COC1Nc2c(ccc(C)c2OC(=O)c2cccc([N+](=O)[O-])c2C(=O)O)C(=O)N2C=C(C=CC(N)=O)CC12. The highest BCUT2D eigenvalue weighted by molar-refractivity contribution is 6.07. The van der Waals surface area contributed by atoms with Gasteiger partial charge in [0.15, 0.2) is 11.3 Å². The molecule has 0 bridgehead atoms. The van der Waals surface area contributed by atoms with Gasteiger partial charge in [0.1, 0.15) is 6.23 Å². The van der Waals surface area contributed by atoms with Crippen molar-refractivity contribution in [2.24, 2.45) is 5.73 Å². The van der Waals surface area contributed by atoms with Crippen LogP contribution in [0.5, 0.6) is 5.75 Å². The highest BCUT2D eigenvalue weighted by Crippen LogP contribution is 2.40. The van der Waals surface area contributed by atoms with Gasteiger partial charge in [-0.25, -0.2) is 9.59 Å². The Morgan fingerprint density at radius 2 is 2.00 bits per heavy atom. The van der Waals surface area contributed by atoms with Crippen molar-refractivity contribution in [3.8, 4) is 5.75 Å². The smallest absolute Gasteiger partial charge is 0.344 e. The van der Waals surface area contributed by atoms with E-state index >= 15 is 0 Å². The number of anilines is 1. The number of aromatic carboxylic acids is 1. The van der Waals surface area contributed by atoms with Crippen LogP contribution in [0.15, 0.2) is 54.3 Å². The van der Waals surface area contributed by atoms with E-state index in [-0.39, 0.29) is 17.0 Å². The fraction of sp³-hybridized carbons (Fsp3) is 0.200. The molecule has 0 saturated heterocycles. The van der Waals surface area contributed by atoms with Gasteiger partial charge in [-0.05, 0) is 36.6 Å². The van der Waals surface area contributed by atoms with E-state index in [1.54, 1.807) is 19.2 Å². The number of ether oxygens (including phenoxy) is 2. The van der Waals surface area contributed by atoms with Crippen LogP contribution in [0.3, 0.4) is 0 Å². The number of nitro benzene ring substituents is 1. The number of rotatable bonds is 7. The number of carboxylic acid groups (broad SMARTS) is 1. The Bertz CT molecular complexity index is 1450. The Balaban J connectivity index is 1.76. The molecule has 2 aromatic rings. The van der Waals surface area contributed by atoms with Crippen molar-refractivity contribution in [2.45, 2.75) is 25.6 Å². The second-order valence-corrected chi connectivity index (χ2v) is 8.51. The number of amides is 2. The molecule has 0 aliphatic carbocycles. The van der Waals surface area contributed by atoms with Crippen LogP contribution in [-0.4, -0.2) is 58.1 Å². The fourth-order valence-electron chi connectivity index (χ4n) is 4.40. The lowest BCUT2D eigenvalue weighted by atomic mass is 10.0. The first-order valence-corrected chi connectivity index (χ1v) is 11.2. The Kier molecular flexibility index (Phi) is 6.95. The molecule has 4 rings (SSSR count). The van der Waals surface area contributed by atoms with Gasteiger partial charge < -0.3 is 30.5 Å². The van der Waals surface area contributed by atoms with Crippen molar-refractivity contribution in [3.63, 3.8) is 0 Å². The van der Waals surface area contributed by atoms with E-state index < -0.39 is 57.8 Å². The van der Waals surface area contributed by atoms with Gasteiger partial charge in [-0.1, -0.05) is 18.2 Å². The maximum Gasteiger partial charge on any atom is 0.344 e. The summed E-state index contributed by atoms with van der Waals surface area (Å²) in [7, 11) is 1.42. The number of allylic oxidation sites excluding steroid dienone is 1. The minimum Gasteiger partial charge on any atom is -0.477 e. The number of carbonyl (C=O) groups is 4. The maximum atomic E-state index is 13.5. The lowest BCUT2D eigenvalue weighted by Gasteiger charge is -2.27. The molecule has 2 aliphatic rings. The topological polar surface area (TPSA) is 191 Å². The highest BCUT2D eigenvalue weighted by Gasteiger charge is 2.41. The summed E-state index contributed by atoms with van der Waals surface area (Å²) in [6, 6.07) is 5.81. The summed E-state index contributed by atoms with van der Waals surface area (Å²) in [4.78, 5) is 61.4. The number of fused-ring (bicyclic) bond motifs is 2. The second-order valence-electron chi connectivity index (χ2n) is 8.51. The molecule has 0 radical (unpaired) electrons. The number of methoxy groups -OCH3 is 1. The first-order valence-electron chi connectivity index (χ1n) is 11.2. The first-order chi connectivity index (χ1) is 18.0. The Labute approximate surface area is 215 Å². The van der Waals surface area contributed by atoms with Crippen molar-refractivity contribution < 1.29 is 38.7 Å². The van der Waals surface area contributed by atoms with Gasteiger partial charge in [0, 0.05) is 25.5 Å².